The highest BCUT2D eigenvalue weighted by Crippen LogP contribution is 2.42. The summed E-state index contributed by atoms with van der Waals surface area (Å²) in [7, 11) is 6.25. The number of fused-ring (bicyclic) bond motifs is 2. The van der Waals surface area contributed by atoms with Gasteiger partial charge in [-0.3, -0.25) is 4.79 Å². The van der Waals surface area contributed by atoms with Gasteiger partial charge in [0.25, 0.3) is 0 Å². The van der Waals surface area contributed by atoms with Gasteiger partial charge in [0.15, 0.2) is 10.5 Å². The summed E-state index contributed by atoms with van der Waals surface area (Å²) >= 11 is 5.37. The third kappa shape index (κ3) is 5.42. The van der Waals surface area contributed by atoms with Crippen LogP contribution in [-0.4, -0.2) is 60.0 Å². The molecule has 0 aromatic heterocycles. The van der Waals surface area contributed by atoms with E-state index in [4.69, 9.17) is 16.6 Å². The molecule has 4 rings (SSSR count). The van der Waals surface area contributed by atoms with Gasteiger partial charge in [-0.25, -0.2) is 4.79 Å². The van der Waals surface area contributed by atoms with Crippen LogP contribution in [0.2, 0.25) is 0 Å². The summed E-state index contributed by atoms with van der Waals surface area (Å²) in [5, 5.41) is 27.2. The second kappa shape index (κ2) is 9.36. The van der Waals surface area contributed by atoms with Crippen molar-refractivity contribution in [3.63, 3.8) is 0 Å². The Kier molecular flexibility index (Phi) is 6.47. The van der Waals surface area contributed by atoms with E-state index in [0.29, 0.717) is 50.8 Å². The lowest BCUT2D eigenvalue weighted by molar-refractivity contribution is -0.869. The predicted molar refractivity (Wildman–Crippen MR) is 140 cm³/mol. The minimum absolute atomic E-state index is 0.00546. The summed E-state index contributed by atoms with van der Waals surface area (Å²) < 4.78 is 6.64. The summed E-state index contributed by atoms with van der Waals surface area (Å²) in [6.07, 6.45) is 0. The van der Waals surface area contributed by atoms with E-state index in [-0.39, 0.29) is 16.7 Å². The Morgan fingerprint density at radius 2 is 1.77 bits per heavy atom. The number of anilines is 1. The average molecular weight is 493 g/mol. The van der Waals surface area contributed by atoms with Crippen molar-refractivity contribution in [2.45, 2.75) is 0 Å². The second-order valence-electron chi connectivity index (χ2n) is 9.28. The number of nitrogens with zero attached hydrogens (tertiary/aromatic N) is 1. The van der Waals surface area contributed by atoms with Crippen molar-refractivity contribution in [2.75, 3.05) is 39.5 Å². The number of aromatic hydroxyl groups is 1. The number of benzene rings is 3. The summed E-state index contributed by atoms with van der Waals surface area (Å²) in [4.78, 5) is 24.3. The van der Waals surface area contributed by atoms with E-state index >= 15 is 0 Å². The molecule has 0 saturated heterocycles. The molecule has 0 fully saturated rings. The van der Waals surface area contributed by atoms with Crippen molar-refractivity contribution < 1.29 is 23.9 Å². The minimum atomic E-state index is -1.12. The maximum Gasteiger partial charge on any atom is 0.336 e. The second-order valence-corrected chi connectivity index (χ2v) is 9.68. The number of aromatic carboxylic acids is 1. The molecule has 0 radical (unpaired) electrons. The molecule has 2 aliphatic rings. The summed E-state index contributed by atoms with van der Waals surface area (Å²) in [6.45, 7) is 1.53. The molecule has 0 saturated carbocycles. The Hall–Kier alpha value is -3.95. The maximum absolute atomic E-state index is 12.3. The zero-order chi connectivity index (χ0) is 25.3. The van der Waals surface area contributed by atoms with E-state index in [1.165, 1.54) is 30.3 Å². The van der Waals surface area contributed by atoms with E-state index in [1.54, 1.807) is 24.3 Å². The van der Waals surface area contributed by atoms with Crippen molar-refractivity contribution >= 4 is 40.0 Å². The first kappa shape index (κ1) is 24.2. The van der Waals surface area contributed by atoms with Gasteiger partial charge in [-0.2, -0.15) is 0 Å². The molecule has 2 aromatic carbocycles. The lowest BCUT2D eigenvalue weighted by Crippen LogP contribution is -2.42. The number of rotatable bonds is 6. The molecule has 9 heteroatoms. The van der Waals surface area contributed by atoms with Crippen molar-refractivity contribution in [2.24, 2.45) is 0 Å². The average Bonchev–Trinajstić information content (AvgIpc) is 2.76. The summed E-state index contributed by atoms with van der Waals surface area (Å²) in [6, 6.07) is 14.0. The lowest BCUT2D eigenvalue weighted by Gasteiger charge is -2.24. The van der Waals surface area contributed by atoms with Crippen LogP contribution >= 0.6 is 12.2 Å². The Labute approximate surface area is 207 Å². The summed E-state index contributed by atoms with van der Waals surface area (Å²) in [5.41, 5.74) is 2.30. The van der Waals surface area contributed by atoms with E-state index in [0.717, 1.165) is 11.0 Å². The van der Waals surface area contributed by atoms with Crippen molar-refractivity contribution in [1.82, 2.24) is 5.32 Å². The smallest absolute Gasteiger partial charge is 0.336 e. The van der Waals surface area contributed by atoms with E-state index < -0.39 is 5.97 Å². The standard InChI is InChI=1S/C26H25N3O5S/c1-29(2,3)11-10-27-26(35)28-15-4-7-18(21(12-15)25(32)33)24-19-8-5-16(30)13-22(19)34-23-14-17(31)6-9-20(23)24/h4-9,12-14H,10-11H2,1-3H3,(H3-,27,28,30,31,32,33,35)/p+1. The number of quaternary nitrogens is 1. The number of thiocarbonyl (C=S) groups is 1. The molecular weight excluding hydrogens is 466 g/mol. The molecule has 35 heavy (non-hydrogen) atoms. The van der Waals surface area contributed by atoms with E-state index in [9.17, 15) is 19.8 Å². The van der Waals surface area contributed by atoms with Crippen LogP contribution in [0.5, 0.6) is 5.75 Å². The van der Waals surface area contributed by atoms with Crippen LogP contribution in [0.1, 0.15) is 10.4 Å². The molecule has 1 aliphatic carbocycles. The van der Waals surface area contributed by atoms with Crippen molar-refractivity contribution in [1.29, 1.82) is 0 Å². The SMILES string of the molecule is C[N+](C)(C)CCNC(=S)Nc1ccc(-c2c3ccc(=O)cc-3oc3cc(O)ccc23)c(C(=O)O)c1. The van der Waals surface area contributed by atoms with Crippen LogP contribution in [0, 0.1) is 0 Å². The molecular formula is C26H26N3O5S+. The normalized spacial score (nSPS) is 11.5. The number of carboxylic acid groups (broad SMARTS) is 1. The van der Waals surface area contributed by atoms with Gasteiger partial charge >= 0.3 is 5.97 Å². The van der Waals surface area contributed by atoms with Crippen LogP contribution in [-0.2, 0) is 0 Å². The fraction of sp³-hybridized carbons (Fsp3) is 0.192. The zero-order valence-electron chi connectivity index (χ0n) is 19.6. The van der Waals surface area contributed by atoms with Gasteiger partial charge < -0.3 is 29.7 Å². The van der Waals surface area contributed by atoms with Crippen LogP contribution in [0.25, 0.3) is 33.4 Å². The van der Waals surface area contributed by atoms with Gasteiger partial charge in [0.2, 0.25) is 0 Å². The van der Waals surface area contributed by atoms with Gasteiger partial charge in [-0.15, -0.1) is 0 Å². The topological polar surface area (TPSA) is 112 Å². The molecule has 180 valence electrons. The molecule has 1 heterocycles. The van der Waals surface area contributed by atoms with E-state index in [1.807, 2.05) is 0 Å². The monoisotopic (exact) mass is 492 g/mol. The van der Waals surface area contributed by atoms with Crippen LogP contribution < -0.4 is 16.1 Å². The third-order valence-electron chi connectivity index (χ3n) is 5.52. The number of hydrogen-bond donors (Lipinski definition) is 4. The molecule has 0 bridgehead atoms. The molecule has 0 amide bonds. The van der Waals surface area contributed by atoms with Gasteiger partial charge in [0, 0.05) is 34.3 Å². The summed E-state index contributed by atoms with van der Waals surface area (Å²) in [5.74, 6) is -0.824. The molecule has 2 aromatic rings. The van der Waals surface area contributed by atoms with Crippen LogP contribution in [0.4, 0.5) is 5.69 Å². The Morgan fingerprint density at radius 1 is 1.03 bits per heavy atom. The number of likely N-dealkylation sites (N-methyl/N-ethyl adjacent to an activating group) is 1. The Balaban J connectivity index is 1.79. The first-order chi connectivity index (χ1) is 16.5. The first-order valence-corrected chi connectivity index (χ1v) is 11.4. The van der Waals surface area contributed by atoms with Crippen molar-refractivity contribution in [3.8, 4) is 28.2 Å². The molecule has 0 spiro atoms. The third-order valence-corrected chi connectivity index (χ3v) is 5.77. The lowest BCUT2D eigenvalue weighted by atomic mass is 9.90. The number of nitrogens with one attached hydrogen (secondary N) is 2. The van der Waals surface area contributed by atoms with Gasteiger partial charge in [0.1, 0.15) is 17.1 Å². The van der Waals surface area contributed by atoms with Gasteiger partial charge in [-0.05, 0) is 54.2 Å². The molecule has 1 aliphatic heterocycles. The highest BCUT2D eigenvalue weighted by molar-refractivity contribution is 7.80. The molecule has 0 atom stereocenters. The minimum Gasteiger partial charge on any atom is -0.508 e. The molecule has 8 nitrogen and oxygen atoms in total. The number of phenolic OH excluding ortho intramolecular Hbond substituents is 1. The number of hydrogen-bond acceptors (Lipinski definition) is 5. The Morgan fingerprint density at radius 3 is 2.49 bits per heavy atom. The zero-order valence-corrected chi connectivity index (χ0v) is 20.4. The number of carboxylic acids is 1. The van der Waals surface area contributed by atoms with Crippen LogP contribution in [0.15, 0.2) is 63.8 Å². The van der Waals surface area contributed by atoms with Crippen molar-refractivity contribution in [3.05, 3.63) is 70.4 Å². The highest BCUT2D eigenvalue weighted by atomic mass is 32.1. The van der Waals surface area contributed by atoms with Gasteiger partial charge in [0.05, 0.1) is 39.8 Å². The predicted octanol–water partition coefficient (Wildman–Crippen LogP) is 3.96. The van der Waals surface area contributed by atoms with Crippen LogP contribution in [0.3, 0.4) is 0 Å². The maximum atomic E-state index is 12.3. The molecule has 0 unspecified atom stereocenters. The fourth-order valence-corrected chi connectivity index (χ4v) is 4.07. The molecule has 4 N–H and O–H groups in total. The fourth-order valence-electron chi connectivity index (χ4n) is 3.85. The van der Waals surface area contributed by atoms with Gasteiger partial charge in [-0.1, -0.05) is 6.07 Å². The largest absolute Gasteiger partial charge is 0.508 e. The number of phenols is 1. The first-order valence-electron chi connectivity index (χ1n) is 10.9. The van der Waals surface area contributed by atoms with E-state index in [2.05, 4.69) is 31.8 Å². The quantitative estimate of drug-likeness (QED) is 0.182. The number of carbonyl (C=O) groups is 1. The Bertz CT molecular complexity index is 1470. The highest BCUT2D eigenvalue weighted by Gasteiger charge is 2.22.